The number of rotatable bonds is 6. The third kappa shape index (κ3) is 4.86. The molecule has 0 saturated heterocycles. The minimum atomic E-state index is -4.11. The van der Waals surface area contributed by atoms with E-state index >= 15 is 0 Å². The lowest BCUT2D eigenvalue weighted by Gasteiger charge is -2.15. The average molecular weight is 290 g/mol. The van der Waals surface area contributed by atoms with E-state index in [-0.39, 0.29) is 18.9 Å². The van der Waals surface area contributed by atoms with E-state index in [9.17, 15) is 13.2 Å². The zero-order valence-corrected chi connectivity index (χ0v) is 12.2. The van der Waals surface area contributed by atoms with Crippen molar-refractivity contribution in [2.75, 3.05) is 24.2 Å². The van der Waals surface area contributed by atoms with E-state index in [0.717, 1.165) is 5.56 Å². The fraction of sp³-hybridized carbons (Fsp3) is 0.692. The van der Waals surface area contributed by atoms with Crippen LogP contribution in [-0.2, 0) is 0 Å². The maximum absolute atomic E-state index is 12.1. The predicted octanol–water partition coefficient (Wildman–Crippen LogP) is 3.70. The molecule has 0 aliphatic rings. The Bertz CT molecular complexity index is 444. The third-order valence-electron chi connectivity index (χ3n) is 2.85. The summed E-state index contributed by atoms with van der Waals surface area (Å²) in [5.41, 5.74) is 0.809. The number of anilines is 2. The first-order valence-corrected chi connectivity index (χ1v) is 6.61. The average Bonchev–Trinajstić information content (AvgIpc) is 2.34. The Morgan fingerprint density at radius 3 is 2.25 bits per heavy atom. The lowest BCUT2D eigenvalue weighted by atomic mass is 10.2. The molecule has 0 aliphatic carbocycles. The number of hydrogen-bond donors (Lipinski definition) is 2. The molecule has 0 amide bonds. The molecule has 4 nitrogen and oxygen atoms in total. The van der Waals surface area contributed by atoms with E-state index in [4.69, 9.17) is 0 Å². The topological polar surface area (TPSA) is 49.8 Å². The first kappa shape index (κ1) is 16.5. The second-order valence-electron chi connectivity index (χ2n) is 4.95. The summed E-state index contributed by atoms with van der Waals surface area (Å²) in [5, 5.41) is 5.94. The molecule has 0 aliphatic heterocycles. The monoisotopic (exact) mass is 290 g/mol. The van der Waals surface area contributed by atoms with Gasteiger partial charge < -0.3 is 10.6 Å². The van der Waals surface area contributed by atoms with Gasteiger partial charge in [-0.1, -0.05) is 13.8 Å². The van der Waals surface area contributed by atoms with E-state index in [2.05, 4.69) is 20.6 Å². The van der Waals surface area contributed by atoms with E-state index in [1.165, 1.54) is 0 Å². The Morgan fingerprint density at radius 2 is 1.75 bits per heavy atom. The Morgan fingerprint density at radius 1 is 1.15 bits per heavy atom. The van der Waals surface area contributed by atoms with Crippen molar-refractivity contribution < 1.29 is 13.2 Å². The predicted molar refractivity (Wildman–Crippen MR) is 74.2 cm³/mol. The Labute approximate surface area is 117 Å². The molecular formula is C13H21F3N4. The number of hydrogen-bond acceptors (Lipinski definition) is 4. The zero-order valence-electron chi connectivity index (χ0n) is 12.2. The van der Waals surface area contributed by atoms with Crippen LogP contribution in [0.15, 0.2) is 0 Å². The van der Waals surface area contributed by atoms with Crippen LogP contribution >= 0.6 is 0 Å². The van der Waals surface area contributed by atoms with Gasteiger partial charge in [0.05, 0.1) is 0 Å². The van der Waals surface area contributed by atoms with Crippen molar-refractivity contribution in [1.82, 2.24) is 9.97 Å². The van der Waals surface area contributed by atoms with Gasteiger partial charge in [0.1, 0.15) is 17.5 Å². The maximum atomic E-state index is 12.1. The lowest BCUT2D eigenvalue weighted by molar-refractivity contribution is -0.134. The molecule has 1 aromatic heterocycles. The summed E-state index contributed by atoms with van der Waals surface area (Å²) < 4.78 is 36.3. The summed E-state index contributed by atoms with van der Waals surface area (Å²) in [6.45, 7) is 6.01. The van der Waals surface area contributed by atoms with Crippen molar-refractivity contribution in [1.29, 1.82) is 0 Å². The summed E-state index contributed by atoms with van der Waals surface area (Å²) in [4.78, 5) is 8.75. The van der Waals surface area contributed by atoms with Crippen LogP contribution in [0.5, 0.6) is 0 Å². The minimum absolute atomic E-state index is 0.0266. The number of halogens is 3. The van der Waals surface area contributed by atoms with Gasteiger partial charge in [-0.15, -0.1) is 0 Å². The fourth-order valence-electron chi connectivity index (χ4n) is 1.70. The summed E-state index contributed by atoms with van der Waals surface area (Å²) in [5.74, 6) is 2.11. The zero-order chi connectivity index (χ0) is 15.3. The van der Waals surface area contributed by atoms with E-state index in [1.54, 1.807) is 7.05 Å². The quantitative estimate of drug-likeness (QED) is 0.784. The molecule has 1 rings (SSSR count). The van der Waals surface area contributed by atoms with Gasteiger partial charge in [-0.3, -0.25) is 0 Å². The van der Waals surface area contributed by atoms with E-state index in [0.29, 0.717) is 17.5 Å². The second kappa shape index (κ2) is 6.76. The van der Waals surface area contributed by atoms with Crippen LogP contribution in [-0.4, -0.2) is 29.7 Å². The molecule has 0 spiro atoms. The highest BCUT2D eigenvalue weighted by Crippen LogP contribution is 2.24. The molecule has 1 heterocycles. The van der Waals surface area contributed by atoms with Crippen molar-refractivity contribution in [3.63, 3.8) is 0 Å². The van der Waals surface area contributed by atoms with Crippen LogP contribution in [0.1, 0.15) is 44.0 Å². The summed E-state index contributed by atoms with van der Waals surface area (Å²) in [6.07, 6.45) is -4.87. The summed E-state index contributed by atoms with van der Waals surface area (Å²) >= 11 is 0. The summed E-state index contributed by atoms with van der Waals surface area (Å²) in [6, 6.07) is 0. The number of nitrogens with one attached hydrogen (secondary N) is 2. The Balaban J connectivity index is 2.75. The molecule has 0 atom stereocenters. The molecule has 1 aromatic rings. The van der Waals surface area contributed by atoms with Crippen LogP contribution in [0.25, 0.3) is 0 Å². The molecular weight excluding hydrogens is 269 g/mol. The lowest BCUT2D eigenvalue weighted by Crippen LogP contribution is -2.14. The van der Waals surface area contributed by atoms with Gasteiger partial charge in [0, 0.05) is 31.5 Å². The molecule has 0 unspecified atom stereocenters. The summed E-state index contributed by atoms with van der Waals surface area (Å²) in [7, 11) is 1.76. The van der Waals surface area contributed by atoms with Crippen molar-refractivity contribution in [3.05, 3.63) is 11.4 Å². The van der Waals surface area contributed by atoms with Gasteiger partial charge in [-0.2, -0.15) is 13.2 Å². The third-order valence-corrected chi connectivity index (χ3v) is 2.85. The highest BCUT2D eigenvalue weighted by Gasteiger charge is 2.26. The first-order valence-electron chi connectivity index (χ1n) is 6.61. The second-order valence-corrected chi connectivity index (χ2v) is 4.95. The molecule has 0 aromatic carbocycles. The van der Waals surface area contributed by atoms with Crippen molar-refractivity contribution in [2.45, 2.75) is 45.7 Å². The molecule has 2 N–H and O–H groups in total. The van der Waals surface area contributed by atoms with Crippen LogP contribution in [0.2, 0.25) is 0 Å². The molecule has 0 saturated carbocycles. The van der Waals surface area contributed by atoms with E-state index in [1.807, 2.05) is 20.8 Å². The molecule has 7 heteroatoms. The van der Waals surface area contributed by atoms with Gasteiger partial charge in [-0.25, -0.2) is 9.97 Å². The number of aromatic nitrogens is 2. The van der Waals surface area contributed by atoms with Gasteiger partial charge in [0.25, 0.3) is 0 Å². The van der Waals surface area contributed by atoms with Crippen LogP contribution in [0, 0.1) is 6.92 Å². The normalized spacial score (nSPS) is 11.8. The largest absolute Gasteiger partial charge is 0.389 e. The van der Waals surface area contributed by atoms with Crippen LogP contribution in [0.3, 0.4) is 0 Å². The molecule has 0 bridgehead atoms. The SMILES string of the molecule is CNc1nc(C(C)C)nc(NCCCC(F)(F)F)c1C. The number of nitrogens with zero attached hydrogens (tertiary/aromatic N) is 2. The van der Waals surface area contributed by atoms with Gasteiger partial charge in [0.15, 0.2) is 0 Å². The highest BCUT2D eigenvalue weighted by molar-refractivity contribution is 5.57. The van der Waals surface area contributed by atoms with Crippen molar-refractivity contribution >= 4 is 11.6 Å². The smallest absolute Gasteiger partial charge is 0.373 e. The minimum Gasteiger partial charge on any atom is -0.373 e. The molecule has 114 valence electrons. The molecule has 20 heavy (non-hydrogen) atoms. The standard InChI is InChI=1S/C13H21F3N4/c1-8(2)10-19-11(17-4)9(3)12(20-10)18-7-5-6-13(14,15)16/h8H,5-7H2,1-4H3,(H2,17,18,19,20). The van der Waals surface area contributed by atoms with Crippen molar-refractivity contribution in [3.8, 4) is 0 Å². The van der Waals surface area contributed by atoms with Gasteiger partial charge in [-0.05, 0) is 13.3 Å². The van der Waals surface area contributed by atoms with Gasteiger partial charge in [0.2, 0.25) is 0 Å². The van der Waals surface area contributed by atoms with Gasteiger partial charge >= 0.3 is 6.18 Å². The molecule has 0 radical (unpaired) electrons. The first-order chi connectivity index (χ1) is 9.24. The Hall–Kier alpha value is -1.53. The van der Waals surface area contributed by atoms with Crippen LogP contribution < -0.4 is 10.6 Å². The van der Waals surface area contributed by atoms with Crippen LogP contribution in [0.4, 0.5) is 24.8 Å². The Kier molecular flexibility index (Phi) is 5.59. The molecule has 0 fully saturated rings. The number of alkyl halides is 3. The fourth-order valence-corrected chi connectivity index (χ4v) is 1.70. The van der Waals surface area contributed by atoms with Crippen molar-refractivity contribution in [2.24, 2.45) is 0 Å². The highest BCUT2D eigenvalue weighted by atomic mass is 19.4. The maximum Gasteiger partial charge on any atom is 0.389 e. The van der Waals surface area contributed by atoms with E-state index < -0.39 is 12.6 Å².